The smallest absolute Gasteiger partial charge is 0.338 e. The third-order valence-corrected chi connectivity index (χ3v) is 3.66. The highest BCUT2D eigenvalue weighted by molar-refractivity contribution is 5.99. The molecule has 2 aromatic carbocycles. The van der Waals surface area contributed by atoms with Crippen molar-refractivity contribution >= 4 is 34.8 Å². The Morgan fingerprint density at radius 3 is 2.41 bits per heavy atom. The second kappa shape index (κ2) is 9.61. The number of hydrogen-bond acceptors (Lipinski definition) is 7. The molecule has 0 aromatic heterocycles. The van der Waals surface area contributed by atoms with E-state index in [2.05, 4.69) is 10.6 Å². The Balaban J connectivity index is 1.98. The van der Waals surface area contributed by atoms with Crippen molar-refractivity contribution in [3.05, 3.63) is 64.2 Å². The van der Waals surface area contributed by atoms with Crippen LogP contribution in [0.2, 0.25) is 0 Å². The van der Waals surface area contributed by atoms with E-state index in [1.54, 1.807) is 6.07 Å². The normalized spacial score (nSPS) is 10.9. The van der Waals surface area contributed by atoms with Crippen molar-refractivity contribution in [2.24, 2.45) is 0 Å². The van der Waals surface area contributed by atoms with Gasteiger partial charge in [0, 0.05) is 11.8 Å². The SMILES string of the molecule is C[C@H](OC(=O)c1ccc(NC(=O)CC#N)cc1)C(=O)Nc1ccccc1[N+](=O)[O-]. The van der Waals surface area contributed by atoms with Crippen LogP contribution in [0.25, 0.3) is 0 Å². The van der Waals surface area contributed by atoms with Gasteiger partial charge in [-0.15, -0.1) is 0 Å². The van der Waals surface area contributed by atoms with Gasteiger partial charge in [-0.1, -0.05) is 12.1 Å². The van der Waals surface area contributed by atoms with E-state index in [-0.39, 0.29) is 23.4 Å². The second-order valence-electron chi connectivity index (χ2n) is 5.77. The van der Waals surface area contributed by atoms with Crippen molar-refractivity contribution in [3.8, 4) is 6.07 Å². The summed E-state index contributed by atoms with van der Waals surface area (Å²) in [5, 5.41) is 24.3. The number of nitrogens with one attached hydrogen (secondary N) is 2. The molecular weight excluding hydrogens is 380 g/mol. The van der Waals surface area contributed by atoms with E-state index in [1.807, 2.05) is 0 Å². The number of rotatable bonds is 7. The predicted octanol–water partition coefficient (Wildman–Crippen LogP) is 2.63. The highest BCUT2D eigenvalue weighted by atomic mass is 16.6. The van der Waals surface area contributed by atoms with Crippen molar-refractivity contribution < 1.29 is 24.0 Å². The molecular formula is C19H16N4O6. The summed E-state index contributed by atoms with van der Waals surface area (Å²) >= 11 is 0. The minimum Gasteiger partial charge on any atom is -0.449 e. The van der Waals surface area contributed by atoms with Gasteiger partial charge in [0.2, 0.25) is 5.91 Å². The average Bonchev–Trinajstić information content (AvgIpc) is 2.68. The summed E-state index contributed by atoms with van der Waals surface area (Å²) in [5.41, 5.74) is 0.230. The van der Waals surface area contributed by atoms with Gasteiger partial charge in [-0.25, -0.2) is 4.79 Å². The first-order chi connectivity index (χ1) is 13.8. The fraction of sp³-hybridized carbons (Fsp3) is 0.158. The molecule has 2 N–H and O–H groups in total. The maximum absolute atomic E-state index is 12.2. The van der Waals surface area contributed by atoms with Gasteiger partial charge in [0.1, 0.15) is 12.1 Å². The lowest BCUT2D eigenvalue weighted by molar-refractivity contribution is -0.383. The van der Waals surface area contributed by atoms with E-state index in [9.17, 15) is 24.5 Å². The third-order valence-electron chi connectivity index (χ3n) is 3.66. The number of benzene rings is 2. The first-order valence-corrected chi connectivity index (χ1v) is 8.34. The first-order valence-electron chi connectivity index (χ1n) is 8.34. The van der Waals surface area contributed by atoms with Crippen LogP contribution in [0, 0.1) is 21.4 Å². The standard InChI is InChI=1S/C19H16N4O6/c1-12(18(25)22-15-4-2-3-5-16(15)23(27)28)29-19(26)13-6-8-14(9-7-13)21-17(24)10-11-20/h2-9,12H,10H2,1H3,(H,21,24)(H,22,25)/t12-/m0/s1. The molecule has 0 bridgehead atoms. The molecule has 0 aliphatic heterocycles. The molecule has 2 aromatic rings. The lowest BCUT2D eigenvalue weighted by Crippen LogP contribution is -2.30. The monoisotopic (exact) mass is 396 g/mol. The zero-order valence-electron chi connectivity index (χ0n) is 15.2. The molecule has 0 aliphatic rings. The topological polar surface area (TPSA) is 151 Å². The summed E-state index contributed by atoms with van der Waals surface area (Å²) in [4.78, 5) is 46.1. The van der Waals surface area contributed by atoms with Crippen molar-refractivity contribution in [2.75, 3.05) is 10.6 Å². The van der Waals surface area contributed by atoms with E-state index >= 15 is 0 Å². The summed E-state index contributed by atoms with van der Waals surface area (Å²) < 4.78 is 5.08. The molecule has 29 heavy (non-hydrogen) atoms. The molecule has 0 saturated heterocycles. The number of nitro benzene ring substituents is 1. The molecule has 148 valence electrons. The van der Waals surface area contributed by atoms with E-state index in [4.69, 9.17) is 10.00 Å². The Hall–Kier alpha value is -4.26. The zero-order chi connectivity index (χ0) is 21.4. The van der Waals surface area contributed by atoms with Gasteiger partial charge in [-0.3, -0.25) is 19.7 Å². The fourth-order valence-electron chi connectivity index (χ4n) is 2.22. The molecule has 10 nitrogen and oxygen atoms in total. The second-order valence-corrected chi connectivity index (χ2v) is 5.77. The molecule has 10 heteroatoms. The van der Waals surface area contributed by atoms with Crippen LogP contribution < -0.4 is 10.6 Å². The van der Waals surface area contributed by atoms with Crippen LogP contribution in [0.5, 0.6) is 0 Å². The number of esters is 1. The summed E-state index contributed by atoms with van der Waals surface area (Å²) in [6.07, 6.45) is -1.51. The summed E-state index contributed by atoms with van der Waals surface area (Å²) in [7, 11) is 0. The Labute approximate surface area is 165 Å². The van der Waals surface area contributed by atoms with Gasteiger partial charge in [0.05, 0.1) is 16.6 Å². The number of anilines is 2. The van der Waals surface area contributed by atoms with E-state index in [1.165, 1.54) is 55.5 Å². The molecule has 1 atom stereocenters. The number of ether oxygens (including phenoxy) is 1. The van der Waals surface area contributed by atoms with Crippen molar-refractivity contribution in [1.29, 1.82) is 5.26 Å². The first kappa shape index (κ1) is 21.0. The third kappa shape index (κ3) is 5.86. The predicted molar refractivity (Wildman–Crippen MR) is 102 cm³/mol. The van der Waals surface area contributed by atoms with E-state index in [0.29, 0.717) is 5.69 Å². The van der Waals surface area contributed by atoms with Crippen LogP contribution in [0.3, 0.4) is 0 Å². The molecule has 0 aliphatic carbocycles. The molecule has 0 unspecified atom stereocenters. The molecule has 0 fully saturated rings. The van der Waals surface area contributed by atoms with Crippen LogP contribution >= 0.6 is 0 Å². The Morgan fingerprint density at radius 1 is 1.14 bits per heavy atom. The lowest BCUT2D eigenvalue weighted by Gasteiger charge is -2.14. The highest BCUT2D eigenvalue weighted by Gasteiger charge is 2.22. The fourth-order valence-corrected chi connectivity index (χ4v) is 2.22. The van der Waals surface area contributed by atoms with E-state index < -0.39 is 28.8 Å². The largest absolute Gasteiger partial charge is 0.449 e. The molecule has 0 radical (unpaired) electrons. The van der Waals surface area contributed by atoms with Crippen LogP contribution in [-0.4, -0.2) is 28.8 Å². The number of carbonyl (C=O) groups is 3. The Kier molecular flexibility index (Phi) is 6.97. The Morgan fingerprint density at radius 2 is 1.79 bits per heavy atom. The van der Waals surface area contributed by atoms with Crippen molar-refractivity contribution in [1.82, 2.24) is 0 Å². The van der Waals surface area contributed by atoms with Crippen LogP contribution in [-0.2, 0) is 14.3 Å². The van der Waals surface area contributed by atoms with Gasteiger partial charge in [0.15, 0.2) is 6.10 Å². The lowest BCUT2D eigenvalue weighted by atomic mass is 10.2. The van der Waals surface area contributed by atoms with Crippen LogP contribution in [0.1, 0.15) is 23.7 Å². The maximum Gasteiger partial charge on any atom is 0.338 e. The minimum absolute atomic E-state index is 0.0112. The number of nitro groups is 1. The van der Waals surface area contributed by atoms with Crippen LogP contribution in [0.15, 0.2) is 48.5 Å². The zero-order valence-corrected chi connectivity index (χ0v) is 15.2. The van der Waals surface area contributed by atoms with Crippen LogP contribution in [0.4, 0.5) is 17.1 Å². The number of carbonyl (C=O) groups excluding carboxylic acids is 3. The number of para-hydroxylation sites is 2. The maximum atomic E-state index is 12.2. The molecule has 0 heterocycles. The molecule has 0 saturated carbocycles. The quantitative estimate of drug-likeness (QED) is 0.414. The number of nitrogens with zero attached hydrogens (tertiary/aromatic N) is 2. The van der Waals surface area contributed by atoms with Gasteiger partial charge >= 0.3 is 5.97 Å². The molecule has 0 spiro atoms. The van der Waals surface area contributed by atoms with Gasteiger partial charge in [0.25, 0.3) is 11.6 Å². The summed E-state index contributed by atoms with van der Waals surface area (Å²) in [6.45, 7) is 1.33. The van der Waals surface area contributed by atoms with E-state index in [0.717, 1.165) is 0 Å². The molecule has 2 amide bonds. The summed E-state index contributed by atoms with van der Waals surface area (Å²) in [5.74, 6) is -2.00. The molecule has 2 rings (SSSR count). The Bertz CT molecular complexity index is 981. The van der Waals surface area contributed by atoms with Gasteiger partial charge in [-0.05, 0) is 37.3 Å². The van der Waals surface area contributed by atoms with Gasteiger partial charge in [-0.2, -0.15) is 5.26 Å². The van der Waals surface area contributed by atoms with Gasteiger partial charge < -0.3 is 15.4 Å². The minimum atomic E-state index is -1.21. The van der Waals surface area contributed by atoms with Crippen molar-refractivity contribution in [2.45, 2.75) is 19.4 Å². The number of hydrogen-bond donors (Lipinski definition) is 2. The number of nitriles is 1. The summed E-state index contributed by atoms with van der Waals surface area (Å²) in [6, 6.07) is 13.0. The number of amides is 2. The average molecular weight is 396 g/mol. The highest BCUT2D eigenvalue weighted by Crippen LogP contribution is 2.23. The van der Waals surface area contributed by atoms with Crippen molar-refractivity contribution in [3.63, 3.8) is 0 Å².